The van der Waals surface area contributed by atoms with Crippen molar-refractivity contribution in [2.75, 3.05) is 26.5 Å². The molecule has 0 bridgehead atoms. The molecule has 0 radical (unpaired) electrons. The molecule has 1 unspecified atom stereocenters. The molecule has 0 aliphatic rings. The van der Waals surface area contributed by atoms with Crippen molar-refractivity contribution in [3.63, 3.8) is 0 Å². The van der Waals surface area contributed by atoms with Gasteiger partial charge in [0.15, 0.2) is 5.82 Å². The quantitative estimate of drug-likeness (QED) is 0.791. The molecule has 0 spiro atoms. The Kier molecular flexibility index (Phi) is 4.60. The maximum Gasteiger partial charge on any atom is 0.153 e. The van der Waals surface area contributed by atoms with Gasteiger partial charge in [-0.05, 0) is 27.1 Å². The molecule has 0 saturated carbocycles. The lowest BCUT2D eigenvalue weighted by Gasteiger charge is -2.21. The molecule has 0 saturated heterocycles. The van der Waals surface area contributed by atoms with E-state index in [2.05, 4.69) is 4.98 Å². The summed E-state index contributed by atoms with van der Waals surface area (Å²) in [6.45, 7) is 2.75. The molecular formula is C14H18ClF2N3. The van der Waals surface area contributed by atoms with Gasteiger partial charge in [-0.3, -0.25) is 0 Å². The first-order chi connectivity index (χ1) is 9.43. The molecule has 1 heterocycles. The Bertz CT molecular complexity index is 610. The smallest absolute Gasteiger partial charge is 0.153 e. The highest BCUT2D eigenvalue weighted by Crippen LogP contribution is 2.25. The zero-order chi connectivity index (χ0) is 14.9. The minimum atomic E-state index is -0.633. The highest BCUT2D eigenvalue weighted by Gasteiger charge is 2.19. The number of hydrogen-bond donors (Lipinski definition) is 0. The van der Waals surface area contributed by atoms with E-state index in [1.54, 1.807) is 0 Å². The molecule has 6 heteroatoms. The number of aryl methyl sites for hydroxylation is 1. The summed E-state index contributed by atoms with van der Waals surface area (Å²) in [5.74, 6) is -0.145. The van der Waals surface area contributed by atoms with Crippen molar-refractivity contribution >= 4 is 22.6 Å². The van der Waals surface area contributed by atoms with Crippen molar-refractivity contribution in [2.45, 2.75) is 19.4 Å². The van der Waals surface area contributed by atoms with E-state index in [0.29, 0.717) is 23.6 Å². The molecule has 2 aromatic rings. The first kappa shape index (κ1) is 15.2. The topological polar surface area (TPSA) is 21.1 Å². The maximum atomic E-state index is 13.8. The Morgan fingerprint density at radius 2 is 2.05 bits per heavy atom. The van der Waals surface area contributed by atoms with E-state index in [9.17, 15) is 8.78 Å². The highest BCUT2D eigenvalue weighted by molar-refractivity contribution is 6.17. The van der Waals surface area contributed by atoms with Crippen molar-refractivity contribution < 1.29 is 8.78 Å². The van der Waals surface area contributed by atoms with Crippen LogP contribution in [0.5, 0.6) is 0 Å². The maximum absolute atomic E-state index is 13.8. The Labute approximate surface area is 122 Å². The standard InChI is InChI=1S/C14H18ClF2N3/c1-9(8-19(2)3)20-12-7-10(16)6-11(17)14(12)18-13(20)4-5-15/h6-7,9H,4-5,8H2,1-3H3. The summed E-state index contributed by atoms with van der Waals surface area (Å²) in [7, 11) is 3.91. The van der Waals surface area contributed by atoms with Gasteiger partial charge in [0.25, 0.3) is 0 Å². The molecule has 1 aromatic heterocycles. The monoisotopic (exact) mass is 301 g/mol. The summed E-state index contributed by atoms with van der Waals surface area (Å²) in [5.41, 5.74) is 0.689. The van der Waals surface area contributed by atoms with Gasteiger partial charge in [0.2, 0.25) is 0 Å². The summed E-state index contributed by atoms with van der Waals surface area (Å²) < 4.78 is 29.2. The average molecular weight is 302 g/mol. The van der Waals surface area contributed by atoms with E-state index in [1.807, 2.05) is 30.5 Å². The van der Waals surface area contributed by atoms with Gasteiger partial charge in [0.1, 0.15) is 17.2 Å². The van der Waals surface area contributed by atoms with Gasteiger partial charge in [-0.15, -0.1) is 11.6 Å². The van der Waals surface area contributed by atoms with Crippen LogP contribution in [0.3, 0.4) is 0 Å². The van der Waals surface area contributed by atoms with Crippen LogP contribution in [0.1, 0.15) is 18.8 Å². The molecule has 3 nitrogen and oxygen atoms in total. The van der Waals surface area contributed by atoms with Gasteiger partial charge in [-0.25, -0.2) is 13.8 Å². The number of imidazole rings is 1. The van der Waals surface area contributed by atoms with E-state index in [0.717, 1.165) is 12.6 Å². The van der Waals surface area contributed by atoms with Crippen LogP contribution >= 0.6 is 11.6 Å². The molecule has 0 N–H and O–H groups in total. The third kappa shape index (κ3) is 2.94. The molecular weight excluding hydrogens is 284 g/mol. The predicted molar refractivity (Wildman–Crippen MR) is 77.3 cm³/mol. The van der Waals surface area contributed by atoms with Crippen molar-refractivity contribution in [3.8, 4) is 0 Å². The second-order valence-corrected chi connectivity index (χ2v) is 5.58. The van der Waals surface area contributed by atoms with E-state index in [-0.39, 0.29) is 11.6 Å². The van der Waals surface area contributed by atoms with Crippen LogP contribution in [-0.2, 0) is 6.42 Å². The van der Waals surface area contributed by atoms with Crippen LogP contribution < -0.4 is 0 Å². The second-order valence-electron chi connectivity index (χ2n) is 5.20. The Morgan fingerprint density at radius 3 is 2.65 bits per heavy atom. The normalized spacial score (nSPS) is 13.3. The largest absolute Gasteiger partial charge is 0.324 e. The van der Waals surface area contributed by atoms with Crippen LogP contribution in [0, 0.1) is 11.6 Å². The molecule has 0 aliphatic carbocycles. The van der Waals surface area contributed by atoms with Gasteiger partial charge in [-0.2, -0.15) is 0 Å². The third-order valence-corrected chi connectivity index (χ3v) is 3.36. The number of benzene rings is 1. The van der Waals surface area contributed by atoms with Crippen LogP contribution in [0.2, 0.25) is 0 Å². The fourth-order valence-corrected chi connectivity index (χ4v) is 2.70. The molecule has 1 atom stereocenters. The molecule has 110 valence electrons. The summed E-state index contributed by atoms with van der Waals surface area (Å²) >= 11 is 5.79. The fraction of sp³-hybridized carbons (Fsp3) is 0.500. The highest BCUT2D eigenvalue weighted by atomic mass is 35.5. The lowest BCUT2D eigenvalue weighted by molar-refractivity contribution is 0.337. The Balaban J connectivity index is 2.61. The predicted octanol–water partition coefficient (Wildman–Crippen LogP) is 3.22. The Morgan fingerprint density at radius 1 is 1.35 bits per heavy atom. The van der Waals surface area contributed by atoms with E-state index < -0.39 is 11.6 Å². The molecule has 1 aromatic carbocycles. The van der Waals surface area contributed by atoms with Crippen molar-refractivity contribution in [3.05, 3.63) is 29.6 Å². The van der Waals surface area contributed by atoms with Crippen molar-refractivity contribution in [2.24, 2.45) is 0 Å². The zero-order valence-electron chi connectivity index (χ0n) is 11.8. The lowest BCUT2D eigenvalue weighted by Crippen LogP contribution is -2.23. The minimum Gasteiger partial charge on any atom is -0.324 e. The number of likely N-dealkylation sites (N-methyl/N-ethyl adjacent to an activating group) is 1. The van der Waals surface area contributed by atoms with E-state index in [1.165, 1.54) is 6.07 Å². The summed E-state index contributed by atoms with van der Waals surface area (Å²) in [6, 6.07) is 2.24. The second kappa shape index (κ2) is 6.06. The fourth-order valence-electron chi connectivity index (χ4n) is 2.53. The first-order valence-corrected chi connectivity index (χ1v) is 7.04. The van der Waals surface area contributed by atoms with Gasteiger partial charge in [-0.1, -0.05) is 0 Å². The van der Waals surface area contributed by atoms with Crippen LogP contribution in [-0.4, -0.2) is 41.0 Å². The van der Waals surface area contributed by atoms with Crippen LogP contribution in [0.15, 0.2) is 12.1 Å². The zero-order valence-corrected chi connectivity index (χ0v) is 12.6. The number of halogens is 3. The SMILES string of the molecule is CC(CN(C)C)n1c(CCCl)nc2c(F)cc(F)cc21. The molecule has 20 heavy (non-hydrogen) atoms. The van der Waals surface area contributed by atoms with Gasteiger partial charge in [0.05, 0.1) is 5.52 Å². The average Bonchev–Trinajstić information content (AvgIpc) is 2.67. The lowest BCUT2D eigenvalue weighted by atomic mass is 10.2. The molecule has 0 fully saturated rings. The Hall–Kier alpha value is -1.20. The van der Waals surface area contributed by atoms with E-state index >= 15 is 0 Å². The van der Waals surface area contributed by atoms with Gasteiger partial charge in [0, 0.05) is 31.0 Å². The number of nitrogens with zero attached hydrogens (tertiary/aromatic N) is 3. The van der Waals surface area contributed by atoms with Crippen LogP contribution in [0.25, 0.3) is 11.0 Å². The van der Waals surface area contributed by atoms with E-state index in [4.69, 9.17) is 11.6 Å². The minimum absolute atomic E-state index is 0.0504. The number of alkyl halides is 1. The van der Waals surface area contributed by atoms with Gasteiger partial charge >= 0.3 is 0 Å². The third-order valence-electron chi connectivity index (χ3n) is 3.17. The molecule has 0 amide bonds. The molecule has 2 rings (SSSR count). The number of rotatable bonds is 5. The van der Waals surface area contributed by atoms with Crippen molar-refractivity contribution in [1.29, 1.82) is 0 Å². The summed E-state index contributed by atoms with van der Waals surface area (Å²) in [6.07, 6.45) is 0.523. The summed E-state index contributed by atoms with van der Waals surface area (Å²) in [4.78, 5) is 6.31. The number of hydrogen-bond acceptors (Lipinski definition) is 2. The number of fused-ring (bicyclic) bond motifs is 1. The summed E-state index contributed by atoms with van der Waals surface area (Å²) in [5, 5.41) is 0. The van der Waals surface area contributed by atoms with Crippen LogP contribution in [0.4, 0.5) is 8.78 Å². The van der Waals surface area contributed by atoms with Gasteiger partial charge < -0.3 is 9.47 Å². The number of aromatic nitrogens is 2. The molecule has 0 aliphatic heterocycles. The van der Waals surface area contributed by atoms with Crippen molar-refractivity contribution in [1.82, 2.24) is 14.5 Å². The first-order valence-electron chi connectivity index (χ1n) is 6.50.